The van der Waals surface area contributed by atoms with E-state index in [1.165, 1.54) is 37.1 Å². The molecular formula is C15H21N3. The molecule has 1 fully saturated rings. The normalized spacial score (nSPS) is 20.4. The third kappa shape index (κ3) is 2.15. The van der Waals surface area contributed by atoms with Crippen LogP contribution < -0.4 is 5.32 Å². The molecular weight excluding hydrogens is 222 g/mol. The first-order chi connectivity index (χ1) is 8.88. The van der Waals surface area contributed by atoms with Gasteiger partial charge in [0, 0.05) is 19.0 Å². The molecule has 0 saturated carbocycles. The quantitative estimate of drug-likeness (QED) is 0.898. The molecule has 2 aromatic rings. The van der Waals surface area contributed by atoms with E-state index in [0.29, 0.717) is 6.04 Å². The van der Waals surface area contributed by atoms with Crippen LogP contribution in [-0.4, -0.2) is 22.1 Å². The monoisotopic (exact) mass is 243 g/mol. The highest BCUT2D eigenvalue weighted by Crippen LogP contribution is 2.19. The fourth-order valence-electron chi connectivity index (χ4n) is 2.90. The lowest BCUT2D eigenvalue weighted by Gasteiger charge is -2.24. The van der Waals surface area contributed by atoms with Crippen molar-refractivity contribution in [2.75, 3.05) is 6.54 Å². The largest absolute Gasteiger partial charge is 0.326 e. The number of para-hydroxylation sites is 2. The van der Waals surface area contributed by atoms with Gasteiger partial charge >= 0.3 is 0 Å². The van der Waals surface area contributed by atoms with Crippen molar-refractivity contribution in [1.82, 2.24) is 14.9 Å². The van der Waals surface area contributed by atoms with Crippen LogP contribution in [0.4, 0.5) is 0 Å². The van der Waals surface area contributed by atoms with Crippen LogP contribution in [0.5, 0.6) is 0 Å². The van der Waals surface area contributed by atoms with Gasteiger partial charge in [0.25, 0.3) is 0 Å². The van der Waals surface area contributed by atoms with E-state index in [4.69, 9.17) is 4.98 Å². The summed E-state index contributed by atoms with van der Waals surface area (Å²) in [4.78, 5) is 4.73. The fourth-order valence-corrected chi connectivity index (χ4v) is 2.90. The zero-order chi connectivity index (χ0) is 12.4. The average Bonchev–Trinajstić information content (AvgIpc) is 2.78. The summed E-state index contributed by atoms with van der Waals surface area (Å²) in [5.41, 5.74) is 2.41. The topological polar surface area (TPSA) is 29.9 Å². The third-order valence-corrected chi connectivity index (χ3v) is 3.87. The zero-order valence-electron chi connectivity index (χ0n) is 11.0. The molecule has 1 aromatic carbocycles. The molecule has 3 heteroatoms. The first-order valence-electron chi connectivity index (χ1n) is 7.06. The van der Waals surface area contributed by atoms with Gasteiger partial charge in [0.1, 0.15) is 5.82 Å². The van der Waals surface area contributed by atoms with E-state index in [2.05, 4.69) is 41.1 Å². The molecule has 1 aliphatic rings. The maximum atomic E-state index is 4.73. The second-order valence-corrected chi connectivity index (χ2v) is 5.13. The lowest BCUT2D eigenvalue weighted by atomic mass is 10.0. The molecule has 1 aromatic heterocycles. The Hall–Kier alpha value is -1.35. The lowest BCUT2D eigenvalue weighted by Crippen LogP contribution is -2.37. The van der Waals surface area contributed by atoms with E-state index in [-0.39, 0.29) is 0 Å². The number of benzene rings is 1. The average molecular weight is 243 g/mol. The number of fused-ring (bicyclic) bond motifs is 1. The number of hydrogen-bond donors (Lipinski definition) is 1. The minimum absolute atomic E-state index is 0.613. The number of nitrogens with zero attached hydrogens (tertiary/aromatic N) is 2. The summed E-state index contributed by atoms with van der Waals surface area (Å²) in [5, 5.41) is 3.62. The van der Waals surface area contributed by atoms with Gasteiger partial charge in [-0.2, -0.15) is 0 Å². The summed E-state index contributed by atoms with van der Waals surface area (Å²) < 4.78 is 2.40. The first kappa shape index (κ1) is 11.7. The predicted octanol–water partition coefficient (Wildman–Crippen LogP) is 2.74. The van der Waals surface area contributed by atoms with Gasteiger partial charge in [-0.3, -0.25) is 0 Å². The van der Waals surface area contributed by atoms with Crippen LogP contribution in [0.3, 0.4) is 0 Å². The van der Waals surface area contributed by atoms with Crippen molar-refractivity contribution < 1.29 is 0 Å². The van der Waals surface area contributed by atoms with Gasteiger partial charge in [0.2, 0.25) is 0 Å². The van der Waals surface area contributed by atoms with Crippen LogP contribution in [0.2, 0.25) is 0 Å². The van der Waals surface area contributed by atoms with Crippen LogP contribution in [0.25, 0.3) is 11.0 Å². The standard InChI is InChI=1S/C15H21N3/c1-2-15-17-13-8-3-4-9-14(13)18(15)11-12-7-5-6-10-16-12/h3-4,8-9,12,16H,2,5-7,10-11H2,1H3/t12-/m1/s1. The molecule has 2 heterocycles. The van der Waals surface area contributed by atoms with Gasteiger partial charge in [-0.05, 0) is 31.5 Å². The maximum absolute atomic E-state index is 4.73. The second-order valence-electron chi connectivity index (χ2n) is 5.13. The molecule has 0 amide bonds. The van der Waals surface area contributed by atoms with Crippen molar-refractivity contribution in [1.29, 1.82) is 0 Å². The van der Waals surface area contributed by atoms with E-state index in [1.54, 1.807) is 0 Å². The molecule has 1 atom stereocenters. The smallest absolute Gasteiger partial charge is 0.109 e. The molecule has 18 heavy (non-hydrogen) atoms. The third-order valence-electron chi connectivity index (χ3n) is 3.87. The molecule has 1 N–H and O–H groups in total. The van der Waals surface area contributed by atoms with E-state index >= 15 is 0 Å². The van der Waals surface area contributed by atoms with Gasteiger partial charge in [0.15, 0.2) is 0 Å². The molecule has 0 aliphatic carbocycles. The minimum atomic E-state index is 0.613. The molecule has 1 saturated heterocycles. The SMILES string of the molecule is CCc1nc2ccccc2n1C[C@H]1CCCCN1. The maximum Gasteiger partial charge on any atom is 0.109 e. The number of rotatable bonds is 3. The van der Waals surface area contributed by atoms with E-state index < -0.39 is 0 Å². The van der Waals surface area contributed by atoms with E-state index in [9.17, 15) is 0 Å². The lowest BCUT2D eigenvalue weighted by molar-refractivity contribution is 0.363. The Balaban J connectivity index is 1.93. The van der Waals surface area contributed by atoms with Crippen LogP contribution in [0, 0.1) is 0 Å². The summed E-state index contributed by atoms with van der Waals surface area (Å²) in [6.07, 6.45) is 4.96. The van der Waals surface area contributed by atoms with Gasteiger partial charge in [-0.1, -0.05) is 25.5 Å². The number of hydrogen-bond acceptors (Lipinski definition) is 2. The molecule has 0 unspecified atom stereocenters. The molecule has 0 bridgehead atoms. The summed E-state index contributed by atoms with van der Waals surface area (Å²) >= 11 is 0. The molecule has 96 valence electrons. The first-order valence-corrected chi connectivity index (χ1v) is 7.06. The van der Waals surface area contributed by atoms with Crippen LogP contribution in [0.15, 0.2) is 24.3 Å². The van der Waals surface area contributed by atoms with Crippen LogP contribution >= 0.6 is 0 Å². The van der Waals surface area contributed by atoms with Gasteiger partial charge in [-0.15, -0.1) is 0 Å². The predicted molar refractivity (Wildman–Crippen MR) is 74.8 cm³/mol. The molecule has 0 spiro atoms. The number of imidazole rings is 1. The van der Waals surface area contributed by atoms with Crippen molar-refractivity contribution in [2.45, 2.75) is 45.2 Å². The summed E-state index contributed by atoms with van der Waals surface area (Å²) in [7, 11) is 0. The van der Waals surface area contributed by atoms with Gasteiger partial charge in [0.05, 0.1) is 11.0 Å². The van der Waals surface area contributed by atoms with E-state index in [0.717, 1.165) is 18.5 Å². The van der Waals surface area contributed by atoms with Crippen molar-refractivity contribution >= 4 is 11.0 Å². The highest BCUT2D eigenvalue weighted by molar-refractivity contribution is 5.75. The van der Waals surface area contributed by atoms with Crippen molar-refractivity contribution in [3.8, 4) is 0 Å². The van der Waals surface area contributed by atoms with Gasteiger partial charge < -0.3 is 9.88 Å². The Morgan fingerprint density at radius 2 is 2.22 bits per heavy atom. The van der Waals surface area contributed by atoms with Crippen LogP contribution in [-0.2, 0) is 13.0 Å². The minimum Gasteiger partial charge on any atom is -0.326 e. The van der Waals surface area contributed by atoms with Crippen molar-refractivity contribution in [3.05, 3.63) is 30.1 Å². The fraction of sp³-hybridized carbons (Fsp3) is 0.533. The number of aromatic nitrogens is 2. The number of nitrogens with one attached hydrogen (secondary N) is 1. The summed E-state index contributed by atoms with van der Waals surface area (Å²) in [5.74, 6) is 1.21. The highest BCUT2D eigenvalue weighted by Gasteiger charge is 2.16. The van der Waals surface area contributed by atoms with Crippen LogP contribution in [0.1, 0.15) is 32.0 Å². The Bertz CT molecular complexity index is 524. The second kappa shape index (κ2) is 5.11. The van der Waals surface area contributed by atoms with Crippen molar-refractivity contribution in [3.63, 3.8) is 0 Å². The Labute approximate surface area is 108 Å². The summed E-state index contributed by atoms with van der Waals surface area (Å²) in [6.45, 7) is 4.41. The van der Waals surface area contributed by atoms with Crippen molar-refractivity contribution in [2.24, 2.45) is 0 Å². The number of piperidine rings is 1. The Kier molecular flexibility index (Phi) is 3.33. The highest BCUT2D eigenvalue weighted by atomic mass is 15.1. The molecule has 1 aliphatic heterocycles. The molecule has 3 nitrogen and oxygen atoms in total. The number of aryl methyl sites for hydroxylation is 1. The van der Waals surface area contributed by atoms with Gasteiger partial charge in [-0.25, -0.2) is 4.98 Å². The molecule has 3 rings (SSSR count). The molecule has 0 radical (unpaired) electrons. The Morgan fingerprint density at radius 3 is 3.00 bits per heavy atom. The zero-order valence-corrected chi connectivity index (χ0v) is 11.0. The Morgan fingerprint density at radius 1 is 1.33 bits per heavy atom. The summed E-state index contributed by atoms with van der Waals surface area (Å²) in [6, 6.07) is 9.08. The van der Waals surface area contributed by atoms with E-state index in [1.807, 2.05) is 0 Å².